The van der Waals surface area contributed by atoms with Crippen molar-refractivity contribution in [2.75, 3.05) is 43.5 Å². The Balaban J connectivity index is 1.51. The minimum Gasteiger partial charge on any atom is -0.480 e. The van der Waals surface area contributed by atoms with E-state index in [-0.39, 0.29) is 11.8 Å². The molecule has 4 rings (SSSR count). The van der Waals surface area contributed by atoms with E-state index in [9.17, 15) is 10.1 Å². The highest BCUT2D eigenvalue weighted by Gasteiger charge is 2.22. The summed E-state index contributed by atoms with van der Waals surface area (Å²) in [5.74, 6) is -0.0721. The molecule has 0 radical (unpaired) electrons. The maximum absolute atomic E-state index is 12.9. The van der Waals surface area contributed by atoms with Crippen LogP contribution in [0.2, 0.25) is 0 Å². The first kappa shape index (κ1) is 20.8. The van der Waals surface area contributed by atoms with Gasteiger partial charge in [-0.15, -0.1) is 11.3 Å². The first-order valence-electron chi connectivity index (χ1n) is 9.87. The molecule has 0 aliphatic carbocycles. The Kier molecular flexibility index (Phi) is 6.40. The van der Waals surface area contributed by atoms with Gasteiger partial charge in [0.25, 0.3) is 5.91 Å². The van der Waals surface area contributed by atoms with E-state index in [1.165, 1.54) is 7.11 Å². The van der Waals surface area contributed by atoms with Crippen molar-refractivity contribution < 1.29 is 9.53 Å². The van der Waals surface area contributed by atoms with Gasteiger partial charge >= 0.3 is 0 Å². The molecule has 0 atom stereocenters. The second-order valence-corrected chi connectivity index (χ2v) is 7.82. The number of carbonyl (C=O) groups excluding carboxylic acids is 1. The molecule has 1 aromatic carbocycles. The molecule has 9 heteroatoms. The molecular formula is C22H22N6O2S. The lowest BCUT2D eigenvalue weighted by atomic mass is 10.1. The molecule has 0 saturated carbocycles. The van der Waals surface area contributed by atoms with Gasteiger partial charge in [-0.3, -0.25) is 9.69 Å². The largest absolute Gasteiger partial charge is 0.480 e. The first-order chi connectivity index (χ1) is 15.2. The van der Waals surface area contributed by atoms with E-state index >= 15 is 0 Å². The zero-order chi connectivity index (χ0) is 21.6. The monoisotopic (exact) mass is 434 g/mol. The number of amides is 1. The SMILES string of the molecule is COc1ncccc1C(=O)Nc1cc(C#N)ccc1N1CCN(Cc2cscn2)CC1. The second kappa shape index (κ2) is 9.55. The van der Waals surface area contributed by atoms with Gasteiger partial charge in [-0.25, -0.2) is 9.97 Å². The summed E-state index contributed by atoms with van der Waals surface area (Å²) in [5, 5.41) is 14.4. The normalized spacial score (nSPS) is 14.1. The maximum atomic E-state index is 12.9. The number of hydrogen-bond acceptors (Lipinski definition) is 8. The van der Waals surface area contributed by atoms with E-state index in [2.05, 4.69) is 36.5 Å². The fourth-order valence-electron chi connectivity index (χ4n) is 3.59. The van der Waals surface area contributed by atoms with Gasteiger partial charge in [0.15, 0.2) is 0 Å². The third-order valence-electron chi connectivity index (χ3n) is 5.17. The summed E-state index contributed by atoms with van der Waals surface area (Å²) in [6.07, 6.45) is 1.57. The van der Waals surface area contributed by atoms with E-state index < -0.39 is 0 Å². The molecule has 3 heterocycles. The van der Waals surface area contributed by atoms with Crippen LogP contribution in [0.15, 0.2) is 47.4 Å². The first-order valence-corrected chi connectivity index (χ1v) is 10.8. The van der Waals surface area contributed by atoms with Crippen LogP contribution in [0, 0.1) is 11.3 Å². The maximum Gasteiger partial charge on any atom is 0.261 e. The third-order valence-corrected chi connectivity index (χ3v) is 5.80. The number of ether oxygens (including phenoxy) is 1. The van der Waals surface area contributed by atoms with Crippen molar-refractivity contribution in [2.24, 2.45) is 0 Å². The molecule has 0 unspecified atom stereocenters. The summed E-state index contributed by atoms with van der Waals surface area (Å²) < 4.78 is 5.21. The Bertz CT molecular complexity index is 1090. The highest BCUT2D eigenvalue weighted by atomic mass is 32.1. The minimum atomic E-state index is -0.330. The minimum absolute atomic E-state index is 0.258. The van der Waals surface area contributed by atoms with Crippen molar-refractivity contribution in [3.8, 4) is 11.9 Å². The summed E-state index contributed by atoms with van der Waals surface area (Å²) in [6, 6.07) is 10.9. The van der Waals surface area contributed by atoms with Crippen molar-refractivity contribution in [3.05, 3.63) is 64.2 Å². The number of carbonyl (C=O) groups is 1. The Labute approximate surface area is 184 Å². The van der Waals surface area contributed by atoms with Crippen LogP contribution in [0.4, 0.5) is 11.4 Å². The zero-order valence-corrected chi connectivity index (χ0v) is 17.9. The van der Waals surface area contributed by atoms with Crippen molar-refractivity contribution >= 4 is 28.6 Å². The molecule has 3 aromatic rings. The van der Waals surface area contributed by atoms with E-state index in [1.807, 2.05) is 11.6 Å². The Morgan fingerprint density at radius 1 is 1.26 bits per heavy atom. The second-order valence-electron chi connectivity index (χ2n) is 7.10. The average molecular weight is 435 g/mol. The average Bonchev–Trinajstić information content (AvgIpc) is 3.32. The number of anilines is 2. The fraction of sp³-hybridized carbons (Fsp3) is 0.273. The van der Waals surface area contributed by atoms with Gasteiger partial charge < -0.3 is 15.0 Å². The van der Waals surface area contributed by atoms with Crippen LogP contribution in [0.1, 0.15) is 21.6 Å². The van der Waals surface area contributed by atoms with E-state index in [1.54, 1.807) is 41.8 Å². The summed E-state index contributed by atoms with van der Waals surface area (Å²) >= 11 is 1.61. The van der Waals surface area contributed by atoms with Crippen LogP contribution >= 0.6 is 11.3 Å². The molecule has 158 valence electrons. The number of aromatic nitrogens is 2. The van der Waals surface area contributed by atoms with E-state index in [0.717, 1.165) is 44.1 Å². The lowest BCUT2D eigenvalue weighted by Crippen LogP contribution is -2.46. The van der Waals surface area contributed by atoms with Crippen molar-refractivity contribution in [1.82, 2.24) is 14.9 Å². The van der Waals surface area contributed by atoms with Crippen LogP contribution < -0.4 is 15.0 Å². The standard InChI is InChI=1S/C22H22N6O2S/c1-30-22-18(3-2-6-24-22)21(29)26-19-11-16(12-23)4-5-20(19)28-9-7-27(8-10-28)13-17-14-31-15-25-17/h2-6,11,14-15H,7-10,13H2,1H3,(H,26,29). The van der Waals surface area contributed by atoms with Crippen LogP contribution in [0.25, 0.3) is 0 Å². The number of nitrogens with one attached hydrogen (secondary N) is 1. The number of piperazine rings is 1. The molecule has 1 saturated heterocycles. The number of nitrogens with zero attached hydrogens (tertiary/aromatic N) is 5. The number of benzene rings is 1. The predicted molar refractivity (Wildman–Crippen MR) is 120 cm³/mol. The quantitative estimate of drug-likeness (QED) is 0.637. The van der Waals surface area contributed by atoms with Crippen LogP contribution in [0.5, 0.6) is 5.88 Å². The van der Waals surface area contributed by atoms with Gasteiger partial charge in [0.05, 0.1) is 41.3 Å². The Hall–Kier alpha value is -3.48. The molecule has 31 heavy (non-hydrogen) atoms. The summed E-state index contributed by atoms with van der Waals surface area (Å²) in [5.41, 5.74) is 5.27. The smallest absolute Gasteiger partial charge is 0.261 e. The number of thiazole rings is 1. The third kappa shape index (κ3) is 4.82. The molecule has 0 spiro atoms. The van der Waals surface area contributed by atoms with Gasteiger partial charge in [0.1, 0.15) is 5.56 Å². The molecule has 8 nitrogen and oxygen atoms in total. The number of hydrogen-bond donors (Lipinski definition) is 1. The molecule has 2 aromatic heterocycles. The summed E-state index contributed by atoms with van der Waals surface area (Å²) in [7, 11) is 1.48. The highest BCUT2D eigenvalue weighted by molar-refractivity contribution is 7.07. The zero-order valence-electron chi connectivity index (χ0n) is 17.1. The molecular weight excluding hydrogens is 412 g/mol. The van der Waals surface area contributed by atoms with Crippen molar-refractivity contribution in [3.63, 3.8) is 0 Å². The van der Waals surface area contributed by atoms with E-state index in [0.29, 0.717) is 16.8 Å². The molecule has 1 N–H and O–H groups in total. The summed E-state index contributed by atoms with van der Waals surface area (Å²) in [4.78, 5) is 26.0. The molecule has 0 bridgehead atoms. The van der Waals surface area contributed by atoms with Crippen molar-refractivity contribution in [2.45, 2.75) is 6.54 Å². The van der Waals surface area contributed by atoms with Crippen LogP contribution in [-0.4, -0.2) is 54.1 Å². The topological polar surface area (TPSA) is 94.4 Å². The number of rotatable bonds is 6. The summed E-state index contributed by atoms with van der Waals surface area (Å²) in [6.45, 7) is 4.25. The molecule has 1 aliphatic heterocycles. The Morgan fingerprint density at radius 2 is 2.10 bits per heavy atom. The molecule has 1 amide bonds. The van der Waals surface area contributed by atoms with Gasteiger partial charge in [0.2, 0.25) is 5.88 Å². The molecule has 1 aliphatic rings. The highest BCUT2D eigenvalue weighted by Crippen LogP contribution is 2.29. The number of methoxy groups -OCH3 is 1. The van der Waals surface area contributed by atoms with Crippen LogP contribution in [0.3, 0.4) is 0 Å². The van der Waals surface area contributed by atoms with Crippen molar-refractivity contribution in [1.29, 1.82) is 5.26 Å². The van der Waals surface area contributed by atoms with Gasteiger partial charge in [-0.05, 0) is 30.3 Å². The fourth-order valence-corrected chi connectivity index (χ4v) is 4.14. The van der Waals surface area contributed by atoms with Crippen LogP contribution in [-0.2, 0) is 6.54 Å². The number of nitriles is 1. The molecule has 1 fully saturated rings. The number of pyridine rings is 1. The predicted octanol–water partition coefficient (Wildman–Crippen LogP) is 2.99. The van der Waals surface area contributed by atoms with Gasteiger partial charge in [-0.1, -0.05) is 0 Å². The van der Waals surface area contributed by atoms with Gasteiger partial charge in [0, 0.05) is 44.3 Å². The van der Waals surface area contributed by atoms with E-state index in [4.69, 9.17) is 4.74 Å². The Morgan fingerprint density at radius 3 is 2.81 bits per heavy atom. The lowest BCUT2D eigenvalue weighted by Gasteiger charge is -2.36. The lowest BCUT2D eigenvalue weighted by molar-refractivity contribution is 0.102. The van der Waals surface area contributed by atoms with Gasteiger partial charge in [-0.2, -0.15) is 5.26 Å².